The molecule has 0 saturated carbocycles. The van der Waals surface area contributed by atoms with Crippen molar-refractivity contribution >= 4 is 34.6 Å². The van der Waals surface area contributed by atoms with Crippen LogP contribution in [0.2, 0.25) is 4.34 Å². The van der Waals surface area contributed by atoms with Gasteiger partial charge in [-0.05, 0) is 24.3 Å². The smallest absolute Gasteiger partial charge is 0.337 e. The number of thiophene rings is 1. The predicted molar refractivity (Wildman–Crippen MR) is 70.0 cm³/mol. The summed E-state index contributed by atoms with van der Waals surface area (Å²) in [5.41, 5.74) is -0.0906. The van der Waals surface area contributed by atoms with Crippen molar-refractivity contribution in [1.29, 1.82) is 0 Å². The first kappa shape index (κ1) is 12.9. The maximum atomic E-state index is 13.6. The number of nitrogens with one attached hydrogen (secondary N) is 1. The molecule has 0 atom stereocenters. The Morgan fingerprint density at radius 3 is 2.78 bits per heavy atom. The van der Waals surface area contributed by atoms with E-state index in [4.69, 9.17) is 16.7 Å². The molecular formula is C12H9ClFNO2S. The lowest BCUT2D eigenvalue weighted by Gasteiger charge is -2.09. The number of halogens is 2. The van der Waals surface area contributed by atoms with Crippen molar-refractivity contribution in [3.8, 4) is 0 Å². The Morgan fingerprint density at radius 2 is 2.17 bits per heavy atom. The van der Waals surface area contributed by atoms with Gasteiger partial charge in [0.25, 0.3) is 0 Å². The molecule has 1 aromatic carbocycles. The highest BCUT2D eigenvalue weighted by molar-refractivity contribution is 7.16. The van der Waals surface area contributed by atoms with Gasteiger partial charge in [-0.15, -0.1) is 11.3 Å². The summed E-state index contributed by atoms with van der Waals surface area (Å²) in [5.74, 6) is -1.75. The van der Waals surface area contributed by atoms with Crippen molar-refractivity contribution in [3.05, 3.63) is 50.9 Å². The molecule has 0 amide bonds. The fourth-order valence-electron chi connectivity index (χ4n) is 1.50. The Kier molecular flexibility index (Phi) is 3.84. The molecular weight excluding hydrogens is 277 g/mol. The normalized spacial score (nSPS) is 10.3. The minimum atomic E-state index is -1.17. The minimum Gasteiger partial charge on any atom is -0.478 e. The summed E-state index contributed by atoms with van der Waals surface area (Å²) < 4.78 is 14.2. The van der Waals surface area contributed by atoms with Gasteiger partial charge in [-0.2, -0.15) is 0 Å². The summed E-state index contributed by atoms with van der Waals surface area (Å²) in [4.78, 5) is 11.9. The molecule has 1 aromatic heterocycles. The van der Waals surface area contributed by atoms with Gasteiger partial charge in [-0.25, -0.2) is 9.18 Å². The van der Waals surface area contributed by atoms with E-state index in [9.17, 15) is 9.18 Å². The quantitative estimate of drug-likeness (QED) is 0.897. The van der Waals surface area contributed by atoms with Gasteiger partial charge in [0.05, 0.1) is 15.6 Å². The van der Waals surface area contributed by atoms with E-state index in [-0.39, 0.29) is 11.3 Å². The van der Waals surface area contributed by atoms with E-state index in [1.165, 1.54) is 29.5 Å². The largest absolute Gasteiger partial charge is 0.478 e. The molecule has 0 unspecified atom stereocenters. The zero-order valence-corrected chi connectivity index (χ0v) is 10.7. The number of rotatable bonds is 4. The Bertz CT molecular complexity index is 585. The molecule has 2 aromatic rings. The van der Waals surface area contributed by atoms with Gasteiger partial charge in [-0.1, -0.05) is 17.7 Å². The van der Waals surface area contributed by atoms with Crippen molar-refractivity contribution in [2.45, 2.75) is 6.54 Å². The van der Waals surface area contributed by atoms with Crippen LogP contribution in [0.4, 0.5) is 10.1 Å². The van der Waals surface area contributed by atoms with Crippen LogP contribution in [0.25, 0.3) is 0 Å². The van der Waals surface area contributed by atoms with Crippen molar-refractivity contribution < 1.29 is 14.3 Å². The van der Waals surface area contributed by atoms with Gasteiger partial charge >= 0.3 is 5.97 Å². The van der Waals surface area contributed by atoms with Crippen molar-refractivity contribution in [3.63, 3.8) is 0 Å². The van der Waals surface area contributed by atoms with Crippen LogP contribution in [0.5, 0.6) is 0 Å². The molecule has 0 aliphatic carbocycles. The number of anilines is 1. The van der Waals surface area contributed by atoms with Crippen LogP contribution in [0.15, 0.2) is 30.3 Å². The van der Waals surface area contributed by atoms with Crippen LogP contribution in [-0.4, -0.2) is 11.1 Å². The summed E-state index contributed by atoms with van der Waals surface area (Å²) >= 11 is 7.14. The molecule has 94 valence electrons. The lowest BCUT2D eigenvalue weighted by molar-refractivity contribution is 0.0697. The van der Waals surface area contributed by atoms with Gasteiger partial charge in [0.2, 0.25) is 0 Å². The average Bonchev–Trinajstić information content (AvgIpc) is 2.73. The van der Waals surface area contributed by atoms with E-state index in [1.807, 2.05) is 0 Å². The standard InChI is InChI=1S/C12H9ClFNO2S/c13-10-5-4-7(18-10)6-15-11-8(12(16)17)2-1-3-9(11)14/h1-5,15H,6H2,(H,16,17). The van der Waals surface area contributed by atoms with Crippen LogP contribution in [-0.2, 0) is 6.54 Å². The number of carbonyl (C=O) groups is 1. The third kappa shape index (κ3) is 2.80. The number of para-hydroxylation sites is 1. The Morgan fingerprint density at radius 1 is 1.39 bits per heavy atom. The average molecular weight is 286 g/mol. The summed E-state index contributed by atoms with van der Waals surface area (Å²) in [5, 5.41) is 11.8. The van der Waals surface area contributed by atoms with Crippen LogP contribution < -0.4 is 5.32 Å². The van der Waals surface area contributed by atoms with Crippen LogP contribution in [0.3, 0.4) is 0 Å². The first-order valence-electron chi connectivity index (χ1n) is 5.08. The zero-order valence-electron chi connectivity index (χ0n) is 9.11. The number of hydrogen-bond donors (Lipinski definition) is 2. The van der Waals surface area contributed by atoms with Gasteiger partial charge in [0.15, 0.2) is 0 Å². The number of benzene rings is 1. The van der Waals surface area contributed by atoms with Gasteiger partial charge in [0, 0.05) is 11.4 Å². The first-order chi connectivity index (χ1) is 8.58. The van der Waals surface area contributed by atoms with Gasteiger partial charge in [-0.3, -0.25) is 0 Å². The molecule has 0 bridgehead atoms. The second-order valence-electron chi connectivity index (χ2n) is 3.53. The Labute approximate surface area is 112 Å². The third-order valence-electron chi connectivity index (χ3n) is 2.31. The van der Waals surface area contributed by atoms with Crippen LogP contribution in [0.1, 0.15) is 15.2 Å². The van der Waals surface area contributed by atoms with E-state index >= 15 is 0 Å². The Hall–Kier alpha value is -1.59. The molecule has 0 aliphatic heterocycles. The Balaban J connectivity index is 2.20. The predicted octanol–water partition coefficient (Wildman–Crippen LogP) is 3.85. The van der Waals surface area contributed by atoms with Crippen molar-refractivity contribution in [2.75, 3.05) is 5.32 Å². The highest BCUT2D eigenvalue weighted by atomic mass is 35.5. The van der Waals surface area contributed by atoms with E-state index in [2.05, 4.69) is 5.32 Å². The summed E-state index contributed by atoms with van der Waals surface area (Å²) in [6, 6.07) is 7.49. The lowest BCUT2D eigenvalue weighted by atomic mass is 10.1. The molecule has 2 rings (SSSR count). The topological polar surface area (TPSA) is 49.3 Å². The highest BCUT2D eigenvalue weighted by Gasteiger charge is 2.13. The SMILES string of the molecule is O=C(O)c1cccc(F)c1NCc1ccc(Cl)s1. The lowest BCUT2D eigenvalue weighted by Crippen LogP contribution is -2.07. The third-order valence-corrected chi connectivity index (χ3v) is 3.54. The second kappa shape index (κ2) is 5.37. The molecule has 1 heterocycles. The van der Waals surface area contributed by atoms with E-state index in [0.29, 0.717) is 10.9 Å². The van der Waals surface area contributed by atoms with E-state index in [0.717, 1.165) is 4.88 Å². The maximum absolute atomic E-state index is 13.6. The number of hydrogen-bond acceptors (Lipinski definition) is 3. The molecule has 0 fully saturated rings. The van der Waals surface area contributed by atoms with E-state index in [1.54, 1.807) is 12.1 Å². The van der Waals surface area contributed by atoms with E-state index < -0.39 is 11.8 Å². The van der Waals surface area contributed by atoms with Crippen molar-refractivity contribution in [1.82, 2.24) is 0 Å². The molecule has 0 aliphatic rings. The van der Waals surface area contributed by atoms with Crippen LogP contribution in [0, 0.1) is 5.82 Å². The number of aromatic carboxylic acids is 1. The fraction of sp³-hybridized carbons (Fsp3) is 0.0833. The molecule has 0 radical (unpaired) electrons. The molecule has 3 nitrogen and oxygen atoms in total. The van der Waals surface area contributed by atoms with Crippen molar-refractivity contribution in [2.24, 2.45) is 0 Å². The fourth-order valence-corrected chi connectivity index (χ4v) is 2.53. The summed E-state index contributed by atoms with van der Waals surface area (Å²) in [6.45, 7) is 0.332. The molecule has 0 saturated heterocycles. The minimum absolute atomic E-state index is 0.00507. The molecule has 2 N–H and O–H groups in total. The second-order valence-corrected chi connectivity index (χ2v) is 5.33. The summed E-state index contributed by atoms with van der Waals surface area (Å²) in [7, 11) is 0. The zero-order chi connectivity index (χ0) is 13.1. The first-order valence-corrected chi connectivity index (χ1v) is 6.27. The number of carboxylic acids is 1. The number of carboxylic acid groups (broad SMARTS) is 1. The van der Waals surface area contributed by atoms with Gasteiger partial charge in [0.1, 0.15) is 5.82 Å². The van der Waals surface area contributed by atoms with Gasteiger partial charge < -0.3 is 10.4 Å². The molecule has 18 heavy (non-hydrogen) atoms. The highest BCUT2D eigenvalue weighted by Crippen LogP contribution is 2.24. The van der Waals surface area contributed by atoms with Crippen LogP contribution >= 0.6 is 22.9 Å². The maximum Gasteiger partial charge on any atom is 0.337 e. The molecule has 0 spiro atoms. The molecule has 6 heteroatoms. The summed E-state index contributed by atoms with van der Waals surface area (Å²) in [6.07, 6.45) is 0. The monoisotopic (exact) mass is 285 g/mol.